The van der Waals surface area contributed by atoms with Gasteiger partial charge in [0, 0.05) is 17.8 Å². The molecule has 3 heteroatoms. The Balaban J connectivity index is 2.03. The second kappa shape index (κ2) is 8.54. The van der Waals surface area contributed by atoms with Gasteiger partial charge in [0.2, 0.25) is 0 Å². The van der Waals surface area contributed by atoms with Crippen LogP contribution in [0, 0.1) is 0 Å². The third-order valence-electron chi connectivity index (χ3n) is 2.42. The van der Waals surface area contributed by atoms with E-state index < -0.39 is 0 Å². The van der Waals surface area contributed by atoms with E-state index in [1.165, 1.54) is 25.7 Å². The van der Waals surface area contributed by atoms with Crippen LogP contribution in [0.15, 0.2) is 18.3 Å². The van der Waals surface area contributed by atoms with Gasteiger partial charge < -0.3 is 4.74 Å². The molecule has 0 aliphatic rings. The Hall–Kier alpha value is -0.600. The predicted octanol–water partition coefficient (Wildman–Crippen LogP) is 4.22. The summed E-state index contributed by atoms with van der Waals surface area (Å²) in [4.78, 5) is 4.18. The fourth-order valence-corrected chi connectivity index (χ4v) is 1.69. The molecule has 0 saturated heterocycles. The van der Waals surface area contributed by atoms with E-state index in [0.29, 0.717) is 6.61 Å². The Bertz CT molecular complexity index is 291. The zero-order valence-electron chi connectivity index (χ0n) is 9.92. The van der Waals surface area contributed by atoms with E-state index in [-0.39, 0.29) is 0 Å². The Kier molecular flexibility index (Phi) is 7.19. The lowest BCUT2D eigenvalue weighted by Gasteiger charge is -2.04. The number of aromatic nitrogens is 1. The van der Waals surface area contributed by atoms with E-state index >= 15 is 0 Å². The van der Waals surface area contributed by atoms with Gasteiger partial charge in [0.1, 0.15) is 0 Å². The second-order valence-electron chi connectivity index (χ2n) is 3.93. The molecule has 1 rings (SSSR count). The average Bonchev–Trinajstić information content (AvgIpc) is 2.28. The molecule has 0 amide bonds. The number of nitrogens with zero attached hydrogens (tertiary/aromatic N) is 1. The molecule has 16 heavy (non-hydrogen) atoms. The van der Waals surface area contributed by atoms with Gasteiger partial charge in [-0.15, -0.1) is 0 Å². The minimum absolute atomic E-state index is 0.564. The summed E-state index contributed by atoms with van der Waals surface area (Å²) in [5.74, 6) is 0. The van der Waals surface area contributed by atoms with Crippen LogP contribution in [-0.2, 0) is 11.3 Å². The van der Waals surface area contributed by atoms with Crippen LogP contribution in [0.2, 0.25) is 5.02 Å². The molecule has 0 N–H and O–H groups in total. The van der Waals surface area contributed by atoms with Crippen LogP contribution in [0.3, 0.4) is 0 Å². The molecule has 2 nitrogen and oxygen atoms in total. The molecule has 1 heterocycles. The molecule has 0 fully saturated rings. The maximum Gasteiger partial charge on any atom is 0.0888 e. The second-order valence-corrected chi connectivity index (χ2v) is 4.37. The van der Waals surface area contributed by atoms with Crippen LogP contribution in [0.4, 0.5) is 0 Å². The van der Waals surface area contributed by atoms with Gasteiger partial charge in [0.15, 0.2) is 0 Å². The van der Waals surface area contributed by atoms with Gasteiger partial charge in [0.25, 0.3) is 0 Å². The molecule has 0 aromatic carbocycles. The number of ether oxygens (including phenoxy) is 1. The van der Waals surface area contributed by atoms with Gasteiger partial charge in [-0.1, -0.05) is 44.2 Å². The summed E-state index contributed by atoms with van der Waals surface area (Å²) in [6.45, 7) is 3.60. The lowest BCUT2D eigenvalue weighted by Crippen LogP contribution is -1.97. The summed E-state index contributed by atoms with van der Waals surface area (Å²) in [6.07, 6.45) is 8.04. The summed E-state index contributed by atoms with van der Waals surface area (Å²) in [5, 5.41) is 0.719. The van der Waals surface area contributed by atoms with E-state index in [1.807, 2.05) is 6.07 Å². The van der Waals surface area contributed by atoms with Crippen molar-refractivity contribution < 1.29 is 4.74 Å². The number of unbranched alkanes of at least 4 members (excludes halogenated alkanes) is 4. The van der Waals surface area contributed by atoms with Crippen LogP contribution < -0.4 is 0 Å². The molecule has 0 radical (unpaired) electrons. The summed E-state index contributed by atoms with van der Waals surface area (Å²) < 4.78 is 5.53. The number of hydrogen-bond acceptors (Lipinski definition) is 2. The van der Waals surface area contributed by atoms with Crippen LogP contribution in [-0.4, -0.2) is 11.6 Å². The molecule has 1 aromatic heterocycles. The standard InChI is InChI=1S/C13H20ClNO/c1-2-3-4-5-6-9-16-11-13-10-12(14)7-8-15-13/h7-8,10H,2-6,9,11H2,1H3. The van der Waals surface area contributed by atoms with Crippen molar-refractivity contribution in [3.8, 4) is 0 Å². The number of hydrogen-bond donors (Lipinski definition) is 0. The topological polar surface area (TPSA) is 22.1 Å². The lowest BCUT2D eigenvalue weighted by atomic mass is 10.2. The first kappa shape index (κ1) is 13.5. The fraction of sp³-hybridized carbons (Fsp3) is 0.615. The van der Waals surface area contributed by atoms with Crippen molar-refractivity contribution in [1.29, 1.82) is 0 Å². The summed E-state index contributed by atoms with van der Waals surface area (Å²) in [7, 11) is 0. The minimum atomic E-state index is 0.564. The first-order valence-electron chi connectivity index (χ1n) is 6.01. The number of pyridine rings is 1. The smallest absolute Gasteiger partial charge is 0.0888 e. The van der Waals surface area contributed by atoms with Crippen LogP contribution in [0.5, 0.6) is 0 Å². The molecule has 0 aliphatic carbocycles. The molecule has 0 bridgehead atoms. The minimum Gasteiger partial charge on any atom is -0.375 e. The average molecular weight is 242 g/mol. The maximum atomic E-state index is 5.85. The molecule has 0 spiro atoms. The first-order valence-corrected chi connectivity index (χ1v) is 6.39. The highest BCUT2D eigenvalue weighted by Gasteiger charge is 1.96. The third kappa shape index (κ3) is 6.09. The van der Waals surface area contributed by atoms with E-state index in [4.69, 9.17) is 16.3 Å². The highest BCUT2D eigenvalue weighted by Crippen LogP contribution is 2.09. The zero-order chi connectivity index (χ0) is 11.6. The van der Waals surface area contributed by atoms with Crippen molar-refractivity contribution in [1.82, 2.24) is 4.98 Å². The lowest BCUT2D eigenvalue weighted by molar-refractivity contribution is 0.114. The largest absolute Gasteiger partial charge is 0.375 e. The van der Waals surface area contributed by atoms with E-state index in [9.17, 15) is 0 Å². The van der Waals surface area contributed by atoms with Crippen molar-refractivity contribution in [2.24, 2.45) is 0 Å². The third-order valence-corrected chi connectivity index (χ3v) is 2.66. The van der Waals surface area contributed by atoms with Crippen LogP contribution >= 0.6 is 11.6 Å². The summed E-state index contributed by atoms with van der Waals surface area (Å²) in [5.41, 5.74) is 0.904. The van der Waals surface area contributed by atoms with Crippen molar-refractivity contribution in [2.75, 3.05) is 6.61 Å². The van der Waals surface area contributed by atoms with Crippen molar-refractivity contribution >= 4 is 11.6 Å². The molecule has 1 aromatic rings. The van der Waals surface area contributed by atoms with Gasteiger partial charge in [-0.3, -0.25) is 4.98 Å². The summed E-state index contributed by atoms with van der Waals surface area (Å²) in [6, 6.07) is 3.62. The Morgan fingerprint density at radius 1 is 1.25 bits per heavy atom. The van der Waals surface area contributed by atoms with Crippen molar-refractivity contribution in [3.05, 3.63) is 29.0 Å². The molecule has 0 saturated carbocycles. The van der Waals surface area contributed by atoms with Gasteiger partial charge in [0.05, 0.1) is 12.3 Å². The normalized spacial score (nSPS) is 10.6. The first-order chi connectivity index (χ1) is 7.83. The van der Waals surface area contributed by atoms with Gasteiger partial charge in [-0.05, 0) is 18.6 Å². The fourth-order valence-electron chi connectivity index (χ4n) is 1.51. The van der Waals surface area contributed by atoms with E-state index in [1.54, 1.807) is 12.3 Å². The Labute approximate surface area is 103 Å². The number of rotatable bonds is 8. The highest BCUT2D eigenvalue weighted by atomic mass is 35.5. The van der Waals surface area contributed by atoms with Crippen LogP contribution in [0.25, 0.3) is 0 Å². The summed E-state index contributed by atoms with van der Waals surface area (Å²) >= 11 is 5.85. The highest BCUT2D eigenvalue weighted by molar-refractivity contribution is 6.30. The van der Waals surface area contributed by atoms with Crippen molar-refractivity contribution in [2.45, 2.75) is 45.6 Å². The zero-order valence-corrected chi connectivity index (χ0v) is 10.7. The van der Waals surface area contributed by atoms with E-state index in [2.05, 4.69) is 11.9 Å². The molecule has 0 atom stereocenters. The Morgan fingerprint density at radius 2 is 2.06 bits per heavy atom. The van der Waals surface area contributed by atoms with Crippen LogP contribution in [0.1, 0.15) is 44.7 Å². The monoisotopic (exact) mass is 241 g/mol. The molecule has 0 aliphatic heterocycles. The molecular formula is C13H20ClNO. The quantitative estimate of drug-likeness (QED) is 0.636. The van der Waals surface area contributed by atoms with Gasteiger partial charge in [-0.2, -0.15) is 0 Å². The molecular weight excluding hydrogens is 222 g/mol. The van der Waals surface area contributed by atoms with E-state index in [0.717, 1.165) is 23.7 Å². The van der Waals surface area contributed by atoms with Gasteiger partial charge in [-0.25, -0.2) is 0 Å². The Morgan fingerprint density at radius 3 is 2.81 bits per heavy atom. The SMILES string of the molecule is CCCCCCCOCc1cc(Cl)ccn1. The van der Waals surface area contributed by atoms with Gasteiger partial charge >= 0.3 is 0 Å². The molecule has 0 unspecified atom stereocenters. The van der Waals surface area contributed by atoms with Crippen molar-refractivity contribution in [3.63, 3.8) is 0 Å². The molecule has 90 valence electrons. The maximum absolute atomic E-state index is 5.85. The predicted molar refractivity (Wildman–Crippen MR) is 67.7 cm³/mol. The number of halogens is 1.